The molecule has 0 spiro atoms. The normalized spacial score (nSPS) is 11.4. The van der Waals surface area contributed by atoms with Crippen LogP contribution in [0.4, 0.5) is 13.2 Å². The minimum Gasteiger partial charge on any atom is -0.354 e. The molecule has 2 aromatic carbocycles. The molecule has 9 heteroatoms. The van der Waals surface area contributed by atoms with Gasteiger partial charge in [-0.1, -0.05) is 42.1 Å². The Morgan fingerprint density at radius 3 is 2.66 bits per heavy atom. The fraction of sp³-hybridized carbons (Fsp3) is 0.250. The molecule has 3 aromatic rings. The Bertz CT molecular complexity index is 1040. The molecule has 5 nitrogen and oxygen atoms in total. The van der Waals surface area contributed by atoms with Gasteiger partial charge in [-0.05, 0) is 23.8 Å². The minimum atomic E-state index is -4.45. The van der Waals surface area contributed by atoms with Gasteiger partial charge in [-0.2, -0.15) is 18.4 Å². The van der Waals surface area contributed by atoms with Crippen LogP contribution in [0.3, 0.4) is 0 Å². The van der Waals surface area contributed by atoms with Gasteiger partial charge >= 0.3 is 6.18 Å². The molecule has 0 radical (unpaired) electrons. The van der Waals surface area contributed by atoms with Gasteiger partial charge in [0.05, 0.1) is 41.4 Å². The Balaban J connectivity index is 1.90. The quantitative estimate of drug-likeness (QED) is 0.461. The second kappa shape index (κ2) is 9.01. The molecule has 3 rings (SSSR count). The van der Waals surface area contributed by atoms with E-state index in [2.05, 4.69) is 10.3 Å². The zero-order chi connectivity index (χ0) is 20.9. The van der Waals surface area contributed by atoms with Crippen molar-refractivity contribution in [3.63, 3.8) is 0 Å². The van der Waals surface area contributed by atoms with E-state index in [1.165, 1.54) is 6.07 Å². The van der Waals surface area contributed by atoms with E-state index in [0.717, 1.165) is 29.5 Å². The van der Waals surface area contributed by atoms with E-state index in [9.17, 15) is 18.0 Å². The van der Waals surface area contributed by atoms with Gasteiger partial charge in [0.25, 0.3) is 0 Å². The molecule has 0 aliphatic heterocycles. The number of hydrogen-bond donors (Lipinski definition) is 1. The number of fused-ring (bicyclic) bond motifs is 1. The minimum absolute atomic E-state index is 0.0513. The third-order valence-electron chi connectivity index (χ3n) is 4.12. The van der Waals surface area contributed by atoms with Crippen molar-refractivity contribution in [2.75, 3.05) is 12.3 Å². The molecule has 0 bridgehead atoms. The van der Waals surface area contributed by atoms with Crippen molar-refractivity contribution < 1.29 is 18.0 Å². The third kappa shape index (κ3) is 5.29. The van der Waals surface area contributed by atoms with E-state index in [1.54, 1.807) is 4.57 Å². The zero-order valence-corrected chi connectivity index (χ0v) is 16.1. The molecule has 0 atom stereocenters. The largest absolute Gasteiger partial charge is 0.416 e. The number of carbonyl (C=O) groups is 1. The Kier molecular flexibility index (Phi) is 6.44. The number of aromatic nitrogens is 2. The average Bonchev–Trinajstić information content (AvgIpc) is 3.03. The van der Waals surface area contributed by atoms with Crippen LogP contribution in [0.2, 0.25) is 0 Å². The topological polar surface area (TPSA) is 70.7 Å². The number of rotatable bonds is 7. The van der Waals surface area contributed by atoms with E-state index < -0.39 is 11.7 Å². The maximum atomic E-state index is 13.1. The number of benzene rings is 2. The fourth-order valence-electron chi connectivity index (χ4n) is 2.75. The van der Waals surface area contributed by atoms with Gasteiger partial charge in [0.15, 0.2) is 5.16 Å². The predicted molar refractivity (Wildman–Crippen MR) is 104 cm³/mol. The number of thioether (sulfide) groups is 1. The van der Waals surface area contributed by atoms with Crippen molar-refractivity contribution in [3.8, 4) is 6.07 Å². The first-order valence-corrected chi connectivity index (χ1v) is 9.75. The van der Waals surface area contributed by atoms with Crippen LogP contribution in [0.5, 0.6) is 0 Å². The third-order valence-corrected chi connectivity index (χ3v) is 5.09. The number of amides is 1. The number of halogens is 3. The van der Waals surface area contributed by atoms with Gasteiger partial charge in [0.1, 0.15) is 0 Å². The van der Waals surface area contributed by atoms with Crippen LogP contribution in [-0.4, -0.2) is 27.8 Å². The van der Waals surface area contributed by atoms with E-state index >= 15 is 0 Å². The van der Waals surface area contributed by atoms with Gasteiger partial charge < -0.3 is 9.88 Å². The number of hydrogen-bond acceptors (Lipinski definition) is 4. The maximum absolute atomic E-state index is 13.1. The number of nitrogens with one attached hydrogen (secondary N) is 1. The lowest BCUT2D eigenvalue weighted by Crippen LogP contribution is -2.26. The van der Waals surface area contributed by atoms with Crippen molar-refractivity contribution in [1.29, 1.82) is 5.26 Å². The Morgan fingerprint density at radius 1 is 1.21 bits per heavy atom. The molecule has 1 heterocycles. The van der Waals surface area contributed by atoms with Crippen molar-refractivity contribution in [2.45, 2.75) is 24.3 Å². The summed E-state index contributed by atoms with van der Waals surface area (Å²) < 4.78 is 41.0. The van der Waals surface area contributed by atoms with Crippen molar-refractivity contribution >= 4 is 28.7 Å². The number of nitriles is 1. The summed E-state index contributed by atoms with van der Waals surface area (Å²) in [5, 5.41) is 11.6. The van der Waals surface area contributed by atoms with Crippen molar-refractivity contribution in [1.82, 2.24) is 14.9 Å². The lowest BCUT2D eigenvalue weighted by atomic mass is 10.2. The summed E-state index contributed by atoms with van der Waals surface area (Å²) >= 11 is 1.15. The lowest BCUT2D eigenvalue weighted by molar-refractivity contribution is -0.137. The lowest BCUT2D eigenvalue weighted by Gasteiger charge is -2.10. The molecular formula is C20H17F3N4OS. The molecule has 29 heavy (non-hydrogen) atoms. The maximum Gasteiger partial charge on any atom is 0.416 e. The Labute approximate surface area is 169 Å². The molecule has 0 saturated heterocycles. The molecule has 1 N–H and O–H groups in total. The number of alkyl halides is 3. The highest BCUT2D eigenvalue weighted by molar-refractivity contribution is 7.99. The van der Waals surface area contributed by atoms with Crippen LogP contribution < -0.4 is 5.32 Å². The first-order valence-electron chi connectivity index (χ1n) is 8.76. The Morgan fingerprint density at radius 2 is 1.97 bits per heavy atom. The second-order valence-electron chi connectivity index (χ2n) is 6.21. The molecule has 1 aromatic heterocycles. The van der Waals surface area contributed by atoms with Gasteiger partial charge in [-0.3, -0.25) is 4.79 Å². The summed E-state index contributed by atoms with van der Waals surface area (Å²) in [6.45, 7) is 0.673. The number of nitrogens with zero attached hydrogens (tertiary/aromatic N) is 3. The van der Waals surface area contributed by atoms with Gasteiger partial charge in [-0.25, -0.2) is 4.98 Å². The molecule has 0 saturated carbocycles. The van der Waals surface area contributed by atoms with Crippen LogP contribution >= 0.6 is 11.8 Å². The predicted octanol–water partition coefficient (Wildman–Crippen LogP) is 4.23. The monoisotopic (exact) mass is 418 g/mol. The molecular weight excluding hydrogens is 401 g/mol. The standard InChI is InChI=1S/C20H17F3N4OS/c21-20(22,23)15-7-8-17-16(11-15)26-19(29-13-18(28)25-10-4-9-24)27(17)12-14-5-2-1-3-6-14/h1-3,5-8,11H,4,10,12-13H2,(H,25,28). The van der Waals surface area contributed by atoms with Crippen LogP contribution in [-0.2, 0) is 17.5 Å². The first kappa shape index (κ1) is 20.7. The van der Waals surface area contributed by atoms with Crippen LogP contribution in [0.25, 0.3) is 11.0 Å². The first-order chi connectivity index (χ1) is 13.9. The summed E-state index contributed by atoms with van der Waals surface area (Å²) in [7, 11) is 0. The molecule has 0 unspecified atom stereocenters. The highest BCUT2D eigenvalue weighted by atomic mass is 32.2. The van der Waals surface area contributed by atoms with Crippen LogP contribution in [0, 0.1) is 11.3 Å². The average molecular weight is 418 g/mol. The molecule has 0 aliphatic carbocycles. The fourth-order valence-corrected chi connectivity index (χ4v) is 3.60. The summed E-state index contributed by atoms with van der Waals surface area (Å²) in [5.41, 5.74) is 0.990. The highest BCUT2D eigenvalue weighted by Gasteiger charge is 2.31. The zero-order valence-electron chi connectivity index (χ0n) is 15.2. The SMILES string of the molecule is N#CCCNC(=O)CSc1nc2cc(C(F)(F)F)ccc2n1Cc1ccccc1. The van der Waals surface area contributed by atoms with E-state index in [4.69, 9.17) is 5.26 Å². The van der Waals surface area contributed by atoms with Crippen molar-refractivity contribution in [3.05, 3.63) is 59.7 Å². The highest BCUT2D eigenvalue weighted by Crippen LogP contribution is 2.33. The Hall–Kier alpha value is -2.99. The summed E-state index contributed by atoms with van der Waals surface area (Å²) in [4.78, 5) is 16.3. The van der Waals surface area contributed by atoms with Crippen LogP contribution in [0.1, 0.15) is 17.5 Å². The van der Waals surface area contributed by atoms with Gasteiger partial charge in [0, 0.05) is 6.54 Å². The molecule has 1 amide bonds. The molecule has 0 fully saturated rings. The van der Waals surface area contributed by atoms with E-state index in [-0.39, 0.29) is 30.1 Å². The van der Waals surface area contributed by atoms with Crippen molar-refractivity contribution in [2.24, 2.45) is 0 Å². The van der Waals surface area contributed by atoms with Crippen LogP contribution in [0.15, 0.2) is 53.7 Å². The van der Waals surface area contributed by atoms with E-state index in [0.29, 0.717) is 17.2 Å². The van der Waals surface area contributed by atoms with Gasteiger partial charge in [0.2, 0.25) is 5.91 Å². The summed E-state index contributed by atoms with van der Waals surface area (Å²) in [5.74, 6) is -0.213. The summed E-state index contributed by atoms with van der Waals surface area (Å²) in [6.07, 6.45) is -4.24. The number of carbonyl (C=O) groups excluding carboxylic acids is 1. The molecule has 150 valence electrons. The van der Waals surface area contributed by atoms with E-state index in [1.807, 2.05) is 36.4 Å². The smallest absolute Gasteiger partial charge is 0.354 e. The second-order valence-corrected chi connectivity index (χ2v) is 7.16. The number of imidazole rings is 1. The molecule has 0 aliphatic rings. The summed E-state index contributed by atoms with van der Waals surface area (Å²) in [6, 6.07) is 14.9. The van der Waals surface area contributed by atoms with Gasteiger partial charge in [-0.15, -0.1) is 0 Å².